The first-order valence-electron chi connectivity index (χ1n) is 11.0. The van der Waals surface area contributed by atoms with Gasteiger partial charge in [0.15, 0.2) is 0 Å². The molecule has 0 radical (unpaired) electrons. The zero-order chi connectivity index (χ0) is 22.0. The van der Waals surface area contributed by atoms with Gasteiger partial charge in [-0.2, -0.15) is 4.31 Å². The molecule has 2 aromatic carbocycles. The van der Waals surface area contributed by atoms with E-state index < -0.39 is 10.0 Å². The molecule has 2 aliphatic rings. The second kappa shape index (κ2) is 9.10. The molecule has 166 valence electrons. The fourth-order valence-corrected chi connectivity index (χ4v) is 6.03. The van der Waals surface area contributed by atoms with Crippen LogP contribution in [0, 0.1) is 0 Å². The number of nitrogens with two attached hydrogens (primary N) is 1. The predicted octanol–water partition coefficient (Wildman–Crippen LogP) is 2.96. The van der Waals surface area contributed by atoms with Crippen LogP contribution in [0.4, 0.5) is 0 Å². The molecule has 2 N–H and O–H groups in total. The Kier molecular flexibility index (Phi) is 6.46. The third-order valence-corrected chi connectivity index (χ3v) is 8.05. The number of hydrogen-bond donors (Lipinski definition) is 1. The highest BCUT2D eigenvalue weighted by Crippen LogP contribution is 2.43. The molecule has 0 spiro atoms. The van der Waals surface area contributed by atoms with Crippen LogP contribution in [0.5, 0.6) is 0 Å². The van der Waals surface area contributed by atoms with Gasteiger partial charge in [0.2, 0.25) is 15.9 Å². The number of fused-ring (bicyclic) bond motifs is 2. The van der Waals surface area contributed by atoms with E-state index in [0.717, 1.165) is 37.8 Å². The van der Waals surface area contributed by atoms with E-state index in [-0.39, 0.29) is 5.91 Å². The predicted molar refractivity (Wildman–Crippen MR) is 122 cm³/mol. The zero-order valence-corrected chi connectivity index (χ0v) is 18.8. The van der Waals surface area contributed by atoms with Gasteiger partial charge in [-0.1, -0.05) is 42.5 Å². The number of benzene rings is 2. The summed E-state index contributed by atoms with van der Waals surface area (Å²) in [7, 11) is -3.28. The summed E-state index contributed by atoms with van der Waals surface area (Å²) < 4.78 is 26.3. The monoisotopic (exact) mass is 441 g/mol. The summed E-state index contributed by atoms with van der Waals surface area (Å²) in [5, 5.41) is 0. The van der Waals surface area contributed by atoms with Crippen molar-refractivity contribution in [2.45, 2.75) is 50.2 Å². The minimum Gasteiger partial charge on any atom is -0.366 e. The Morgan fingerprint density at radius 2 is 1.74 bits per heavy atom. The molecule has 2 heterocycles. The Morgan fingerprint density at radius 1 is 1.06 bits per heavy atom. The van der Waals surface area contributed by atoms with Gasteiger partial charge >= 0.3 is 0 Å². The highest BCUT2D eigenvalue weighted by molar-refractivity contribution is 7.88. The summed E-state index contributed by atoms with van der Waals surface area (Å²) in [5.74, 6) is 0.0323. The van der Waals surface area contributed by atoms with Crippen LogP contribution in [0.2, 0.25) is 0 Å². The SMILES string of the molecule is CS(=O)(=O)N(CCN1C2CCC1CC(c1cccc(C(N)=O)c1)C2)Cc1ccccc1. The molecule has 0 aliphatic carbocycles. The molecule has 2 fully saturated rings. The first kappa shape index (κ1) is 22.0. The molecule has 2 aliphatic heterocycles. The quantitative estimate of drug-likeness (QED) is 0.683. The first-order chi connectivity index (χ1) is 14.8. The summed E-state index contributed by atoms with van der Waals surface area (Å²) >= 11 is 0. The molecule has 2 unspecified atom stereocenters. The van der Waals surface area contributed by atoms with Crippen molar-refractivity contribution in [3.05, 3.63) is 71.3 Å². The van der Waals surface area contributed by atoms with Crippen LogP contribution in [0.15, 0.2) is 54.6 Å². The molecule has 4 rings (SSSR count). The zero-order valence-electron chi connectivity index (χ0n) is 18.0. The van der Waals surface area contributed by atoms with Gasteiger partial charge in [0.25, 0.3) is 0 Å². The van der Waals surface area contributed by atoms with Gasteiger partial charge in [0.1, 0.15) is 0 Å². The van der Waals surface area contributed by atoms with Crippen molar-refractivity contribution in [2.24, 2.45) is 5.73 Å². The van der Waals surface area contributed by atoms with Crippen molar-refractivity contribution < 1.29 is 13.2 Å². The van der Waals surface area contributed by atoms with E-state index in [2.05, 4.69) is 11.0 Å². The van der Waals surface area contributed by atoms with Gasteiger partial charge in [0.05, 0.1) is 6.26 Å². The third kappa shape index (κ3) is 5.17. The Labute approximate surface area is 185 Å². The fraction of sp³-hybridized carbons (Fsp3) is 0.458. The van der Waals surface area contributed by atoms with Crippen LogP contribution in [0.3, 0.4) is 0 Å². The number of piperidine rings is 1. The average Bonchev–Trinajstić information content (AvgIpc) is 2.98. The smallest absolute Gasteiger partial charge is 0.248 e. The Morgan fingerprint density at radius 3 is 2.35 bits per heavy atom. The summed E-state index contributed by atoms with van der Waals surface area (Å²) in [4.78, 5) is 14.1. The number of sulfonamides is 1. The first-order valence-corrected chi connectivity index (χ1v) is 12.8. The average molecular weight is 442 g/mol. The second-order valence-corrected chi connectivity index (χ2v) is 10.8. The van der Waals surface area contributed by atoms with Crippen LogP contribution >= 0.6 is 0 Å². The Hall–Kier alpha value is -2.22. The maximum atomic E-state index is 12.4. The molecular weight excluding hydrogens is 410 g/mol. The lowest BCUT2D eigenvalue weighted by Gasteiger charge is -2.40. The molecule has 6 nitrogen and oxygen atoms in total. The third-order valence-electron chi connectivity index (χ3n) is 6.81. The van der Waals surface area contributed by atoms with Crippen LogP contribution in [0.25, 0.3) is 0 Å². The molecule has 0 saturated carbocycles. The lowest BCUT2D eigenvalue weighted by Crippen LogP contribution is -2.46. The number of carbonyl (C=O) groups excluding carboxylic acids is 1. The molecule has 0 aromatic heterocycles. The number of amides is 1. The van der Waals surface area contributed by atoms with Gasteiger partial charge in [-0.05, 0) is 54.9 Å². The summed E-state index contributed by atoms with van der Waals surface area (Å²) in [6, 6.07) is 18.4. The van der Waals surface area contributed by atoms with Gasteiger partial charge in [0, 0.05) is 37.3 Å². The standard InChI is InChI=1S/C24H31N3O3S/c1-31(29,30)26(17-18-6-3-2-4-7-18)12-13-27-22-10-11-23(27)16-21(15-22)19-8-5-9-20(14-19)24(25)28/h2-9,14,21-23H,10-13,15-17H2,1H3,(H2,25,28). The van der Waals surface area contributed by atoms with Crippen LogP contribution in [0.1, 0.15) is 53.1 Å². The van der Waals surface area contributed by atoms with Gasteiger partial charge in [-0.25, -0.2) is 8.42 Å². The normalized spacial score (nSPS) is 23.9. The van der Waals surface area contributed by atoms with Crippen LogP contribution < -0.4 is 5.73 Å². The van der Waals surface area contributed by atoms with E-state index in [0.29, 0.717) is 36.7 Å². The van der Waals surface area contributed by atoms with E-state index in [1.54, 1.807) is 10.4 Å². The van der Waals surface area contributed by atoms with E-state index in [1.807, 2.05) is 42.5 Å². The lowest BCUT2D eigenvalue weighted by atomic mass is 9.84. The van der Waals surface area contributed by atoms with E-state index in [1.165, 1.54) is 11.8 Å². The van der Waals surface area contributed by atoms with Crippen molar-refractivity contribution in [3.63, 3.8) is 0 Å². The van der Waals surface area contributed by atoms with E-state index in [4.69, 9.17) is 5.73 Å². The number of primary amides is 1. The molecule has 2 bridgehead atoms. The molecule has 2 atom stereocenters. The number of rotatable bonds is 8. The second-order valence-electron chi connectivity index (χ2n) is 8.86. The van der Waals surface area contributed by atoms with Crippen molar-refractivity contribution in [2.75, 3.05) is 19.3 Å². The highest BCUT2D eigenvalue weighted by Gasteiger charge is 2.41. The van der Waals surface area contributed by atoms with Crippen LogP contribution in [-0.4, -0.2) is 55.0 Å². The maximum Gasteiger partial charge on any atom is 0.248 e. The fourth-order valence-electron chi connectivity index (χ4n) is 5.23. The minimum absolute atomic E-state index is 0.387. The molecular formula is C24H31N3O3S. The summed E-state index contributed by atoms with van der Waals surface area (Å²) in [6.07, 6.45) is 5.66. The summed E-state index contributed by atoms with van der Waals surface area (Å²) in [6.45, 7) is 1.66. The minimum atomic E-state index is -3.28. The summed E-state index contributed by atoms with van der Waals surface area (Å²) in [5.41, 5.74) is 8.22. The van der Waals surface area contributed by atoms with E-state index in [9.17, 15) is 13.2 Å². The molecule has 2 saturated heterocycles. The number of hydrogen-bond acceptors (Lipinski definition) is 4. The van der Waals surface area contributed by atoms with E-state index >= 15 is 0 Å². The molecule has 7 heteroatoms. The highest BCUT2D eigenvalue weighted by atomic mass is 32.2. The van der Waals surface area contributed by atoms with Crippen LogP contribution in [-0.2, 0) is 16.6 Å². The Bertz CT molecular complexity index is 1010. The van der Waals surface area contributed by atoms with Crippen molar-refractivity contribution >= 4 is 15.9 Å². The molecule has 31 heavy (non-hydrogen) atoms. The maximum absolute atomic E-state index is 12.4. The largest absolute Gasteiger partial charge is 0.366 e. The Balaban J connectivity index is 1.41. The lowest BCUT2D eigenvalue weighted by molar-refractivity contribution is 0.1000. The van der Waals surface area contributed by atoms with Crippen molar-refractivity contribution in [1.82, 2.24) is 9.21 Å². The van der Waals surface area contributed by atoms with Gasteiger partial charge < -0.3 is 5.73 Å². The van der Waals surface area contributed by atoms with Crippen molar-refractivity contribution in [1.29, 1.82) is 0 Å². The van der Waals surface area contributed by atoms with Crippen molar-refractivity contribution in [3.8, 4) is 0 Å². The number of carbonyl (C=O) groups is 1. The number of nitrogens with zero attached hydrogens (tertiary/aromatic N) is 2. The topological polar surface area (TPSA) is 83.7 Å². The van der Waals surface area contributed by atoms with Gasteiger partial charge in [-0.3, -0.25) is 9.69 Å². The molecule has 2 aromatic rings. The molecule has 1 amide bonds. The van der Waals surface area contributed by atoms with Gasteiger partial charge in [-0.15, -0.1) is 0 Å².